The molecule has 0 N–H and O–H groups in total. The first-order valence-corrected chi connectivity index (χ1v) is 25.6. The Balaban J connectivity index is 1.11. The van der Waals surface area contributed by atoms with Crippen LogP contribution in [0.4, 0.5) is 0 Å². The average molecular weight is 937 g/mol. The monoisotopic (exact) mass is 936 g/mol. The van der Waals surface area contributed by atoms with Crippen molar-refractivity contribution in [3.8, 4) is 39.1 Å². The third kappa shape index (κ3) is 6.59. The second-order valence-electron chi connectivity index (χ2n) is 18.0. The van der Waals surface area contributed by atoms with E-state index >= 15 is 0 Å². The van der Waals surface area contributed by atoms with Gasteiger partial charge in [0.15, 0.2) is 8.07 Å². The number of nitrogens with zero attached hydrogens (tertiary/aromatic N) is 1. The smallest absolute Gasteiger partial charge is 0.179 e. The number of hydrogen-bond acceptors (Lipinski definition) is 0. The van der Waals surface area contributed by atoms with Gasteiger partial charge in [-0.2, -0.15) is 0 Å². The zero-order valence-corrected chi connectivity index (χ0v) is 39.6. The zero-order chi connectivity index (χ0) is 60.5. The molecular weight excluding hydrogens is 871 g/mol. The molecule has 14 rings (SSSR count). The van der Waals surface area contributed by atoms with Gasteiger partial charge in [-0.05, 0) is 113 Å². The van der Waals surface area contributed by atoms with Gasteiger partial charge >= 0.3 is 0 Å². The summed E-state index contributed by atoms with van der Waals surface area (Å²) in [7, 11) is -4.04. The normalized spacial score (nSPS) is 18.2. The average Bonchev–Trinajstić information content (AvgIpc) is 0.859. The molecule has 1 nitrogen and oxygen atoms in total. The largest absolute Gasteiger partial charge is 0.309 e. The van der Waals surface area contributed by atoms with Crippen molar-refractivity contribution in [3.05, 3.63) is 312 Å². The summed E-state index contributed by atoms with van der Waals surface area (Å²) >= 11 is 0. The highest BCUT2D eigenvalue weighted by molar-refractivity contribution is 7.16. The molecular formula is C69H51NSi. The van der Waals surface area contributed by atoms with Crippen molar-refractivity contribution >= 4 is 45.4 Å². The molecule has 71 heavy (non-hydrogen) atoms. The first-order valence-electron chi connectivity index (χ1n) is 31.1. The van der Waals surface area contributed by atoms with Crippen LogP contribution in [0.3, 0.4) is 0 Å². The molecule has 1 heterocycles. The van der Waals surface area contributed by atoms with E-state index in [9.17, 15) is 11.0 Å². The standard InChI is InChI=1S/C69H51NSi/c1-3-25-64(71(51-30-13-6-14-31-51,52-32-15-7-16-33-52)53-34-17-8-18-35-53)66-47(2)65-57-37-19-20-38-58(57)69(66)68-59(65)41-24-43-63(68)70-61-42-22-21-36-56(61)60-46-50(44-45-62(60)70)67-54(48-26-9-4-10-27-48)39-23-40-55(67)49-28-11-5-12-29-49/h3-46,65,69H,1H2,2H3/b64-25+/i4D,5D,6D,9D,10D,11D,12D,13D,14D,26D,27D,28D,29D,30D,31D. The summed E-state index contributed by atoms with van der Waals surface area (Å²) in [6, 6.07) is 46.0. The van der Waals surface area contributed by atoms with Crippen molar-refractivity contribution in [2.45, 2.75) is 18.8 Å². The van der Waals surface area contributed by atoms with Crippen LogP contribution in [0.2, 0.25) is 0 Å². The molecule has 0 aliphatic heterocycles. The van der Waals surface area contributed by atoms with E-state index in [1.54, 1.807) is 24.3 Å². The van der Waals surface area contributed by atoms with Gasteiger partial charge in [-0.3, -0.25) is 0 Å². The molecule has 2 bridgehead atoms. The first kappa shape index (κ1) is 29.5. The molecule has 3 aliphatic carbocycles. The van der Waals surface area contributed by atoms with E-state index in [1.807, 2.05) is 115 Å². The molecule has 0 saturated carbocycles. The van der Waals surface area contributed by atoms with Gasteiger partial charge < -0.3 is 4.57 Å². The summed E-state index contributed by atoms with van der Waals surface area (Å²) in [5.41, 5.74) is 9.76. The topological polar surface area (TPSA) is 4.93 Å². The molecule has 0 amide bonds. The van der Waals surface area contributed by atoms with Gasteiger partial charge in [0, 0.05) is 22.6 Å². The Morgan fingerprint density at radius 3 is 1.66 bits per heavy atom. The number of benzene rings is 10. The summed E-state index contributed by atoms with van der Waals surface area (Å²) in [5.74, 6) is -0.776. The molecule has 0 fully saturated rings. The summed E-state index contributed by atoms with van der Waals surface area (Å²) in [6.07, 6.45) is 3.77. The maximum Gasteiger partial charge on any atom is 0.179 e. The fourth-order valence-electron chi connectivity index (χ4n) is 11.9. The van der Waals surface area contributed by atoms with Crippen LogP contribution >= 0.6 is 0 Å². The van der Waals surface area contributed by atoms with Crippen LogP contribution in [0.1, 0.15) is 61.6 Å². The predicted octanol–water partition coefficient (Wildman–Crippen LogP) is 15.5. The van der Waals surface area contributed by atoms with Crippen LogP contribution in [-0.4, -0.2) is 12.6 Å². The van der Waals surface area contributed by atoms with Crippen LogP contribution in [0, 0.1) is 0 Å². The maximum absolute atomic E-state index is 9.88. The lowest BCUT2D eigenvalue weighted by Gasteiger charge is -2.48. The van der Waals surface area contributed by atoms with Crippen molar-refractivity contribution < 1.29 is 20.6 Å². The van der Waals surface area contributed by atoms with Crippen LogP contribution in [0.25, 0.3) is 60.9 Å². The lowest BCUT2D eigenvalue weighted by atomic mass is 9.60. The predicted molar refractivity (Wildman–Crippen MR) is 302 cm³/mol. The summed E-state index contributed by atoms with van der Waals surface area (Å²) in [6.45, 7) is 6.50. The summed E-state index contributed by atoms with van der Waals surface area (Å²) in [5, 5.41) is 4.31. The Kier molecular flexibility index (Phi) is 7.24. The number of rotatable bonds is 10. The van der Waals surface area contributed by atoms with Crippen molar-refractivity contribution in [3.63, 3.8) is 0 Å². The number of hydrogen-bond donors (Lipinski definition) is 0. The van der Waals surface area contributed by atoms with Crippen molar-refractivity contribution in [1.82, 2.24) is 4.57 Å². The number of allylic oxidation sites excluding steroid dienone is 5. The molecule has 1 aromatic heterocycles. The highest BCUT2D eigenvalue weighted by Crippen LogP contribution is 2.59. The van der Waals surface area contributed by atoms with Gasteiger partial charge in [0.1, 0.15) is 0 Å². The maximum atomic E-state index is 9.88. The van der Waals surface area contributed by atoms with Gasteiger partial charge in [0.05, 0.1) is 37.3 Å². The van der Waals surface area contributed by atoms with Crippen LogP contribution in [0.15, 0.2) is 290 Å². The molecule has 0 spiro atoms. The van der Waals surface area contributed by atoms with Crippen LogP contribution < -0.4 is 15.6 Å². The zero-order valence-electron chi connectivity index (χ0n) is 53.6. The fourth-order valence-corrected chi connectivity index (χ4v) is 16.7. The summed E-state index contributed by atoms with van der Waals surface area (Å²) in [4.78, 5) is 0. The molecule has 2 heteroatoms. The lowest BCUT2D eigenvalue weighted by molar-refractivity contribution is 0.734. The lowest BCUT2D eigenvalue weighted by Crippen LogP contribution is -2.69. The van der Waals surface area contributed by atoms with Gasteiger partial charge in [0.2, 0.25) is 0 Å². The van der Waals surface area contributed by atoms with Gasteiger partial charge in [0.25, 0.3) is 0 Å². The molecule has 10 aromatic carbocycles. The van der Waals surface area contributed by atoms with Gasteiger partial charge in [-0.25, -0.2) is 0 Å². The van der Waals surface area contributed by atoms with E-state index in [1.165, 1.54) is 0 Å². The molecule has 2 unspecified atom stereocenters. The van der Waals surface area contributed by atoms with E-state index in [4.69, 9.17) is 9.60 Å². The quantitative estimate of drug-likeness (QED) is 0.0731. The number of para-hydroxylation sites is 1. The molecule has 2 atom stereocenters. The van der Waals surface area contributed by atoms with E-state index in [2.05, 4.69) is 54.5 Å². The van der Waals surface area contributed by atoms with Crippen molar-refractivity contribution in [1.29, 1.82) is 0 Å². The Hall–Kier alpha value is -8.56. The van der Waals surface area contributed by atoms with Crippen molar-refractivity contribution in [2.24, 2.45) is 0 Å². The van der Waals surface area contributed by atoms with Crippen molar-refractivity contribution in [2.75, 3.05) is 0 Å². The second-order valence-corrected chi connectivity index (χ2v) is 21.7. The molecule has 0 radical (unpaired) electrons. The Labute approximate surface area is 438 Å². The third-order valence-electron chi connectivity index (χ3n) is 14.6. The highest BCUT2D eigenvalue weighted by Gasteiger charge is 2.51. The van der Waals surface area contributed by atoms with Crippen LogP contribution in [-0.2, 0) is 0 Å². The molecule has 11 aromatic rings. The van der Waals surface area contributed by atoms with Gasteiger partial charge in [-0.15, -0.1) is 0 Å². The minimum Gasteiger partial charge on any atom is -0.309 e. The minimum absolute atomic E-state index is 0.115. The van der Waals surface area contributed by atoms with Crippen LogP contribution in [0.5, 0.6) is 0 Å². The molecule has 0 saturated heterocycles. The SMILES string of the molecule is [2H]c1c([2H])c([2H])c(-c2cccc(-c3c([2H])c([2H])c([2H])c([2H])c3[2H])c2-c2ccc3c(c2)c2ccccc2n3-c2cccc3c2C2C(/C(=C\C=C)[Si](c4ccccc4)(c4ccccc4)c4c([2H])c([2H])c([2H])c([2H])c4[2H])=C(C)C3c3ccccc32)c([2H])c1[2H]. The molecule has 336 valence electrons. The van der Waals surface area contributed by atoms with E-state index in [0.29, 0.717) is 11.1 Å². The number of aromatic nitrogens is 1. The fraction of sp³-hybridized carbons (Fsp3) is 0.0435. The third-order valence-corrected chi connectivity index (χ3v) is 19.2. The highest BCUT2D eigenvalue weighted by atomic mass is 28.3. The minimum atomic E-state index is -4.04. The second kappa shape index (κ2) is 17.4. The van der Waals surface area contributed by atoms with E-state index < -0.39 is 92.5 Å². The first-order chi connectivity index (χ1) is 41.4. The Morgan fingerprint density at radius 1 is 0.493 bits per heavy atom. The van der Waals surface area contributed by atoms with E-state index in [-0.39, 0.29) is 45.4 Å². The van der Waals surface area contributed by atoms with Gasteiger partial charge in [-0.1, -0.05) is 254 Å². The van der Waals surface area contributed by atoms with E-state index in [0.717, 1.165) is 76.5 Å². The Bertz CT molecular complexity index is 4600. The summed E-state index contributed by atoms with van der Waals surface area (Å²) < 4.78 is 138. The number of fused-ring (bicyclic) bond motifs is 3. The Morgan fingerprint density at radius 2 is 1.03 bits per heavy atom. The molecule has 3 aliphatic rings.